The minimum atomic E-state index is -0.389. The molecule has 2 aromatic rings. The number of carbonyl (C=O) groups excluding carboxylic acids is 3. The molecule has 4 rings (SSSR count). The number of hydrogen-bond donors (Lipinski definition) is 1. The second-order valence-corrected chi connectivity index (χ2v) is 8.41. The zero-order valence-electron chi connectivity index (χ0n) is 18.3. The third-order valence-electron chi connectivity index (χ3n) is 6.67. The van der Waals surface area contributed by atoms with E-state index in [1.165, 1.54) is 0 Å². The van der Waals surface area contributed by atoms with Gasteiger partial charge in [0, 0.05) is 13.1 Å². The topological polar surface area (TPSA) is 87.5 Å². The zero-order chi connectivity index (χ0) is 22.0. The fourth-order valence-electron chi connectivity index (χ4n) is 4.87. The zero-order valence-corrected chi connectivity index (χ0v) is 18.3. The van der Waals surface area contributed by atoms with E-state index in [0.717, 1.165) is 61.3 Å². The fraction of sp³-hybridized carbons (Fsp3) is 0.565. The first-order valence-electron chi connectivity index (χ1n) is 11.4. The first kappa shape index (κ1) is 21.5. The molecule has 1 N–H and O–H groups in total. The maximum atomic E-state index is 12.8. The molecule has 1 aliphatic heterocycles. The molecule has 0 radical (unpaired) electrons. The van der Waals surface area contributed by atoms with Crippen LogP contribution in [-0.4, -0.2) is 63.3 Å². The number of likely N-dealkylation sites (tertiary alicyclic amines) is 1. The van der Waals surface area contributed by atoms with Gasteiger partial charge in [-0.1, -0.05) is 38.8 Å². The van der Waals surface area contributed by atoms with Gasteiger partial charge in [-0.2, -0.15) is 0 Å². The van der Waals surface area contributed by atoms with Crippen LogP contribution in [0, 0.1) is 11.8 Å². The van der Waals surface area contributed by atoms with Crippen molar-refractivity contribution in [2.24, 2.45) is 11.8 Å². The third-order valence-corrected chi connectivity index (χ3v) is 6.67. The molecule has 1 saturated heterocycles. The molecule has 0 bridgehead atoms. The average molecular weight is 426 g/mol. The highest BCUT2D eigenvalue weighted by atomic mass is 16.2. The number of likely N-dealkylation sites (N-methyl/N-ethyl adjacent to an activating group) is 1. The van der Waals surface area contributed by atoms with Crippen molar-refractivity contribution in [1.82, 2.24) is 19.4 Å². The van der Waals surface area contributed by atoms with Crippen LogP contribution in [0.4, 0.5) is 5.95 Å². The van der Waals surface area contributed by atoms with Gasteiger partial charge in [-0.3, -0.25) is 24.6 Å². The first-order valence-corrected chi connectivity index (χ1v) is 11.4. The lowest BCUT2D eigenvalue weighted by atomic mass is 9.81. The monoisotopic (exact) mass is 425 g/mol. The number of fused-ring (bicyclic) bond motifs is 2. The van der Waals surface area contributed by atoms with Crippen LogP contribution in [0.1, 0.15) is 39.5 Å². The first-order chi connectivity index (χ1) is 15.0. The van der Waals surface area contributed by atoms with E-state index in [2.05, 4.69) is 29.0 Å². The number of benzene rings is 1. The van der Waals surface area contributed by atoms with E-state index < -0.39 is 0 Å². The van der Waals surface area contributed by atoms with Gasteiger partial charge in [0.2, 0.25) is 23.7 Å². The predicted molar refractivity (Wildman–Crippen MR) is 118 cm³/mol. The third kappa shape index (κ3) is 4.21. The smallest absolute Gasteiger partial charge is 0.246 e. The molecule has 1 aliphatic carbocycles. The van der Waals surface area contributed by atoms with E-state index in [1.807, 2.05) is 28.8 Å². The normalized spacial score (nSPS) is 21.2. The van der Waals surface area contributed by atoms with Gasteiger partial charge in [0.1, 0.15) is 6.54 Å². The van der Waals surface area contributed by atoms with Crippen LogP contribution in [0.2, 0.25) is 0 Å². The molecular formula is C23H31N5O3. The Hall–Kier alpha value is -2.74. The maximum Gasteiger partial charge on any atom is 0.246 e. The molecule has 0 spiro atoms. The van der Waals surface area contributed by atoms with Gasteiger partial charge in [0.05, 0.1) is 22.9 Å². The number of amides is 3. The number of imide groups is 1. The van der Waals surface area contributed by atoms with E-state index in [1.54, 1.807) is 0 Å². The highest BCUT2D eigenvalue weighted by Crippen LogP contribution is 2.37. The van der Waals surface area contributed by atoms with Crippen molar-refractivity contribution >= 4 is 34.7 Å². The summed E-state index contributed by atoms with van der Waals surface area (Å²) in [6, 6.07) is 7.77. The summed E-state index contributed by atoms with van der Waals surface area (Å²) in [5.74, 6) is -0.810. The quantitative estimate of drug-likeness (QED) is 0.657. The Morgan fingerprint density at radius 1 is 1.10 bits per heavy atom. The number of nitrogens with one attached hydrogen (secondary N) is 1. The molecule has 1 aromatic carbocycles. The summed E-state index contributed by atoms with van der Waals surface area (Å²) >= 11 is 0. The van der Waals surface area contributed by atoms with Gasteiger partial charge in [-0.05, 0) is 38.1 Å². The number of hydrogen-bond acceptors (Lipinski definition) is 5. The highest BCUT2D eigenvalue weighted by Gasteiger charge is 2.48. The summed E-state index contributed by atoms with van der Waals surface area (Å²) in [5.41, 5.74) is 1.75. The van der Waals surface area contributed by atoms with Crippen molar-refractivity contribution in [2.75, 3.05) is 31.5 Å². The van der Waals surface area contributed by atoms with Crippen molar-refractivity contribution < 1.29 is 14.4 Å². The van der Waals surface area contributed by atoms with Crippen molar-refractivity contribution in [3.05, 3.63) is 24.3 Å². The number of imidazole rings is 1. The lowest BCUT2D eigenvalue weighted by Crippen LogP contribution is -2.38. The van der Waals surface area contributed by atoms with Crippen LogP contribution in [0.25, 0.3) is 11.0 Å². The molecule has 2 aliphatic rings. The largest absolute Gasteiger partial charge is 0.309 e. The van der Waals surface area contributed by atoms with Gasteiger partial charge in [-0.25, -0.2) is 4.98 Å². The van der Waals surface area contributed by atoms with Crippen LogP contribution in [0.15, 0.2) is 24.3 Å². The van der Waals surface area contributed by atoms with Crippen LogP contribution in [-0.2, 0) is 20.9 Å². The van der Waals surface area contributed by atoms with Gasteiger partial charge in [0.25, 0.3) is 0 Å². The van der Waals surface area contributed by atoms with Gasteiger partial charge in [0.15, 0.2) is 0 Å². The highest BCUT2D eigenvalue weighted by molar-refractivity contribution is 6.08. The summed E-state index contributed by atoms with van der Waals surface area (Å²) in [4.78, 5) is 46.3. The molecule has 2 fully saturated rings. The lowest BCUT2D eigenvalue weighted by molar-refractivity contribution is -0.142. The molecule has 1 aromatic heterocycles. The number of carbonyl (C=O) groups is 3. The second kappa shape index (κ2) is 9.18. The average Bonchev–Trinajstić information content (AvgIpc) is 3.25. The Morgan fingerprint density at radius 3 is 2.39 bits per heavy atom. The Kier molecular flexibility index (Phi) is 6.36. The molecule has 3 amide bonds. The lowest BCUT2D eigenvalue weighted by Gasteiger charge is -2.19. The summed E-state index contributed by atoms with van der Waals surface area (Å²) in [7, 11) is 0. The number of nitrogens with zero attached hydrogens (tertiary/aromatic N) is 4. The van der Waals surface area contributed by atoms with Gasteiger partial charge >= 0.3 is 0 Å². The van der Waals surface area contributed by atoms with Crippen molar-refractivity contribution in [3.63, 3.8) is 0 Å². The number of rotatable bonds is 8. The molecule has 2 atom stereocenters. The number of para-hydroxylation sites is 2. The van der Waals surface area contributed by atoms with Crippen molar-refractivity contribution in [3.8, 4) is 0 Å². The summed E-state index contributed by atoms with van der Waals surface area (Å²) < 4.78 is 2.00. The van der Waals surface area contributed by atoms with E-state index in [-0.39, 0.29) is 36.1 Å². The number of anilines is 1. The fourth-order valence-corrected chi connectivity index (χ4v) is 4.87. The summed E-state index contributed by atoms with van der Waals surface area (Å²) in [6.45, 7) is 7.43. The summed E-state index contributed by atoms with van der Waals surface area (Å²) in [5, 5.41) is 2.86. The van der Waals surface area contributed by atoms with Crippen molar-refractivity contribution in [2.45, 2.75) is 46.1 Å². The SMILES string of the molecule is CCN(CC)CCn1c(NC(=O)CN2C(=O)[C@H]3CCCC[C@@H]3C2=O)nc2ccccc21. The Morgan fingerprint density at radius 2 is 1.74 bits per heavy atom. The molecule has 0 unspecified atom stereocenters. The van der Waals surface area contributed by atoms with Crippen LogP contribution >= 0.6 is 0 Å². The predicted octanol–water partition coefficient (Wildman–Crippen LogP) is 2.49. The van der Waals surface area contributed by atoms with E-state index in [0.29, 0.717) is 12.5 Å². The van der Waals surface area contributed by atoms with Gasteiger partial charge in [-0.15, -0.1) is 0 Å². The standard InChI is InChI=1S/C23H31N5O3/c1-3-26(4-2)13-14-27-19-12-8-7-11-18(19)24-23(27)25-20(29)15-28-21(30)16-9-5-6-10-17(16)22(28)31/h7-8,11-12,16-17H,3-6,9-10,13-15H2,1-2H3,(H,24,25,29)/t16-,17-/m0/s1. The van der Waals surface area contributed by atoms with Crippen LogP contribution in [0.3, 0.4) is 0 Å². The van der Waals surface area contributed by atoms with E-state index >= 15 is 0 Å². The minimum absolute atomic E-state index is 0.195. The van der Waals surface area contributed by atoms with E-state index in [4.69, 9.17) is 0 Å². The molecule has 1 saturated carbocycles. The molecule has 8 nitrogen and oxygen atoms in total. The molecule has 166 valence electrons. The Labute approximate surface area is 182 Å². The minimum Gasteiger partial charge on any atom is -0.309 e. The Balaban J connectivity index is 1.50. The summed E-state index contributed by atoms with van der Waals surface area (Å²) in [6.07, 6.45) is 3.43. The van der Waals surface area contributed by atoms with Crippen molar-refractivity contribution in [1.29, 1.82) is 0 Å². The molecule has 31 heavy (non-hydrogen) atoms. The van der Waals surface area contributed by atoms with Crippen LogP contribution < -0.4 is 5.32 Å². The maximum absolute atomic E-state index is 12.8. The molecule has 8 heteroatoms. The molecular weight excluding hydrogens is 394 g/mol. The molecule has 2 heterocycles. The van der Waals surface area contributed by atoms with Crippen LogP contribution in [0.5, 0.6) is 0 Å². The second-order valence-electron chi connectivity index (χ2n) is 8.41. The van der Waals surface area contributed by atoms with Gasteiger partial charge < -0.3 is 9.47 Å². The van der Waals surface area contributed by atoms with E-state index in [9.17, 15) is 14.4 Å². The Bertz CT molecular complexity index is 957. The number of aromatic nitrogens is 2.